The van der Waals surface area contributed by atoms with Gasteiger partial charge in [0, 0.05) is 12.0 Å². The van der Waals surface area contributed by atoms with E-state index in [2.05, 4.69) is 11.8 Å². The number of rotatable bonds is 5. The van der Waals surface area contributed by atoms with Crippen LogP contribution >= 0.6 is 0 Å². The standard InChI is InChI=1S/C11H23N3O/c1-9(3-2-6-12)14-7-4-10(5-8-14)11(13)15/h9-10H,2-8,12H2,1H3,(H2,13,15). The van der Waals surface area contributed by atoms with E-state index < -0.39 is 0 Å². The number of carbonyl (C=O) groups is 1. The Kier molecular flexibility index (Phi) is 5.05. The second-order valence-electron chi connectivity index (χ2n) is 4.49. The highest BCUT2D eigenvalue weighted by atomic mass is 16.1. The molecule has 88 valence electrons. The van der Waals surface area contributed by atoms with E-state index in [0.717, 1.165) is 45.3 Å². The molecule has 1 amide bonds. The van der Waals surface area contributed by atoms with Gasteiger partial charge in [-0.1, -0.05) is 0 Å². The van der Waals surface area contributed by atoms with Crippen LogP contribution in [0.25, 0.3) is 0 Å². The molecule has 0 aromatic rings. The lowest BCUT2D eigenvalue weighted by molar-refractivity contribution is -0.123. The highest BCUT2D eigenvalue weighted by Crippen LogP contribution is 2.19. The van der Waals surface area contributed by atoms with Crippen LogP contribution in [0.15, 0.2) is 0 Å². The summed E-state index contributed by atoms with van der Waals surface area (Å²) in [5.74, 6) is -0.0350. The first-order chi connectivity index (χ1) is 7.15. The molecule has 1 aliphatic rings. The van der Waals surface area contributed by atoms with Crippen molar-refractivity contribution in [3.05, 3.63) is 0 Å². The first-order valence-electron chi connectivity index (χ1n) is 5.88. The Balaban J connectivity index is 2.27. The number of primary amides is 1. The molecule has 4 heteroatoms. The van der Waals surface area contributed by atoms with Crippen molar-refractivity contribution in [3.63, 3.8) is 0 Å². The normalized spacial score (nSPS) is 21.5. The van der Waals surface area contributed by atoms with Gasteiger partial charge in [0.2, 0.25) is 5.91 Å². The lowest BCUT2D eigenvalue weighted by atomic mass is 9.95. The molecule has 1 aliphatic heterocycles. The predicted molar refractivity (Wildman–Crippen MR) is 61.2 cm³/mol. The van der Waals surface area contributed by atoms with Gasteiger partial charge in [-0.2, -0.15) is 0 Å². The largest absolute Gasteiger partial charge is 0.369 e. The fourth-order valence-electron chi connectivity index (χ4n) is 2.22. The van der Waals surface area contributed by atoms with Gasteiger partial charge in [-0.15, -0.1) is 0 Å². The summed E-state index contributed by atoms with van der Waals surface area (Å²) in [4.78, 5) is 13.4. The number of nitrogens with zero attached hydrogens (tertiary/aromatic N) is 1. The number of hydrogen-bond acceptors (Lipinski definition) is 3. The summed E-state index contributed by atoms with van der Waals surface area (Å²) in [5.41, 5.74) is 10.8. The molecule has 1 atom stereocenters. The molecule has 1 rings (SSSR count). The first-order valence-corrected chi connectivity index (χ1v) is 5.88. The molecule has 0 saturated carbocycles. The van der Waals surface area contributed by atoms with Crippen molar-refractivity contribution in [1.82, 2.24) is 4.90 Å². The van der Waals surface area contributed by atoms with Crippen molar-refractivity contribution in [1.29, 1.82) is 0 Å². The van der Waals surface area contributed by atoms with Gasteiger partial charge in [0.25, 0.3) is 0 Å². The third-order valence-electron chi connectivity index (χ3n) is 3.38. The Bertz CT molecular complexity index is 200. The van der Waals surface area contributed by atoms with Crippen LogP contribution in [0.2, 0.25) is 0 Å². The average Bonchev–Trinajstić information content (AvgIpc) is 2.26. The highest BCUT2D eigenvalue weighted by molar-refractivity contribution is 5.76. The van der Waals surface area contributed by atoms with Gasteiger partial charge in [-0.25, -0.2) is 0 Å². The zero-order valence-electron chi connectivity index (χ0n) is 9.61. The van der Waals surface area contributed by atoms with E-state index in [9.17, 15) is 4.79 Å². The maximum Gasteiger partial charge on any atom is 0.220 e. The molecule has 0 aromatic heterocycles. The summed E-state index contributed by atoms with van der Waals surface area (Å²) in [6, 6.07) is 0.586. The molecular weight excluding hydrogens is 190 g/mol. The van der Waals surface area contributed by atoms with Crippen LogP contribution in [-0.2, 0) is 4.79 Å². The quantitative estimate of drug-likeness (QED) is 0.690. The fraction of sp³-hybridized carbons (Fsp3) is 0.909. The van der Waals surface area contributed by atoms with Gasteiger partial charge in [-0.3, -0.25) is 4.79 Å². The lowest BCUT2D eigenvalue weighted by Gasteiger charge is -2.35. The van der Waals surface area contributed by atoms with Crippen molar-refractivity contribution in [2.24, 2.45) is 17.4 Å². The predicted octanol–water partition coefficient (Wildman–Crippen LogP) is 0.311. The molecule has 1 heterocycles. The third-order valence-corrected chi connectivity index (χ3v) is 3.38. The average molecular weight is 213 g/mol. The fourth-order valence-corrected chi connectivity index (χ4v) is 2.22. The van der Waals surface area contributed by atoms with E-state index in [1.54, 1.807) is 0 Å². The van der Waals surface area contributed by atoms with E-state index in [1.165, 1.54) is 0 Å². The maximum atomic E-state index is 11.0. The van der Waals surface area contributed by atoms with E-state index in [4.69, 9.17) is 11.5 Å². The highest BCUT2D eigenvalue weighted by Gasteiger charge is 2.25. The molecule has 4 N–H and O–H groups in total. The van der Waals surface area contributed by atoms with Gasteiger partial charge in [-0.05, 0) is 52.2 Å². The van der Waals surface area contributed by atoms with Crippen LogP contribution in [0, 0.1) is 5.92 Å². The minimum Gasteiger partial charge on any atom is -0.369 e. The first kappa shape index (κ1) is 12.5. The summed E-state index contributed by atoms with van der Waals surface area (Å²) in [6.07, 6.45) is 4.07. The number of amides is 1. The van der Waals surface area contributed by atoms with Crippen molar-refractivity contribution in [2.45, 2.75) is 38.6 Å². The Labute approximate surface area is 92.0 Å². The minimum absolute atomic E-state index is 0.1000. The summed E-state index contributed by atoms with van der Waals surface area (Å²) in [7, 11) is 0. The molecule has 0 spiro atoms. The molecule has 0 radical (unpaired) electrons. The summed E-state index contributed by atoms with van der Waals surface area (Å²) < 4.78 is 0. The van der Waals surface area contributed by atoms with E-state index in [1.807, 2.05) is 0 Å². The Morgan fingerprint density at radius 1 is 1.47 bits per heavy atom. The van der Waals surface area contributed by atoms with Gasteiger partial charge < -0.3 is 16.4 Å². The SMILES string of the molecule is CC(CCCN)N1CCC(C(N)=O)CC1. The molecule has 1 unspecified atom stereocenters. The van der Waals surface area contributed by atoms with Gasteiger partial charge in [0.15, 0.2) is 0 Å². The Morgan fingerprint density at radius 3 is 2.53 bits per heavy atom. The summed E-state index contributed by atoms with van der Waals surface area (Å²) in [6.45, 7) is 5.00. The third kappa shape index (κ3) is 3.80. The van der Waals surface area contributed by atoms with Crippen LogP contribution in [0.5, 0.6) is 0 Å². The van der Waals surface area contributed by atoms with Crippen molar-refractivity contribution in [3.8, 4) is 0 Å². The minimum atomic E-state index is -0.135. The summed E-state index contributed by atoms with van der Waals surface area (Å²) >= 11 is 0. The smallest absolute Gasteiger partial charge is 0.220 e. The second-order valence-corrected chi connectivity index (χ2v) is 4.49. The maximum absolute atomic E-state index is 11.0. The van der Waals surface area contributed by atoms with Gasteiger partial charge in [0.05, 0.1) is 0 Å². The van der Waals surface area contributed by atoms with Crippen LogP contribution in [0.3, 0.4) is 0 Å². The van der Waals surface area contributed by atoms with Crippen molar-refractivity contribution in [2.75, 3.05) is 19.6 Å². The monoisotopic (exact) mass is 213 g/mol. The van der Waals surface area contributed by atoms with Crippen LogP contribution < -0.4 is 11.5 Å². The number of hydrogen-bond donors (Lipinski definition) is 2. The van der Waals surface area contributed by atoms with Gasteiger partial charge >= 0.3 is 0 Å². The molecule has 0 aromatic carbocycles. The zero-order valence-corrected chi connectivity index (χ0v) is 9.61. The van der Waals surface area contributed by atoms with Gasteiger partial charge in [0.1, 0.15) is 0 Å². The molecule has 15 heavy (non-hydrogen) atoms. The van der Waals surface area contributed by atoms with E-state index >= 15 is 0 Å². The van der Waals surface area contributed by atoms with Crippen LogP contribution in [0.1, 0.15) is 32.6 Å². The number of likely N-dealkylation sites (tertiary alicyclic amines) is 1. The number of carbonyl (C=O) groups excluding carboxylic acids is 1. The van der Waals surface area contributed by atoms with Crippen molar-refractivity contribution < 1.29 is 4.79 Å². The van der Waals surface area contributed by atoms with E-state index in [-0.39, 0.29) is 11.8 Å². The molecular formula is C11H23N3O. The molecule has 1 fully saturated rings. The number of nitrogens with two attached hydrogens (primary N) is 2. The molecule has 4 nitrogen and oxygen atoms in total. The molecule has 0 bridgehead atoms. The Hall–Kier alpha value is -0.610. The zero-order chi connectivity index (χ0) is 11.3. The molecule has 0 aliphatic carbocycles. The second kappa shape index (κ2) is 6.08. The van der Waals surface area contributed by atoms with Crippen molar-refractivity contribution >= 4 is 5.91 Å². The van der Waals surface area contributed by atoms with Crippen LogP contribution in [-0.4, -0.2) is 36.5 Å². The van der Waals surface area contributed by atoms with E-state index in [0.29, 0.717) is 6.04 Å². The topological polar surface area (TPSA) is 72.3 Å². The lowest BCUT2D eigenvalue weighted by Crippen LogP contribution is -2.42. The summed E-state index contributed by atoms with van der Waals surface area (Å²) in [5, 5.41) is 0. The Morgan fingerprint density at radius 2 is 2.07 bits per heavy atom. The molecule has 1 saturated heterocycles. The van der Waals surface area contributed by atoms with Crippen LogP contribution in [0.4, 0.5) is 0 Å². The number of piperidine rings is 1.